The molecule has 1 atom stereocenters. The van der Waals surface area contributed by atoms with Crippen LogP contribution >= 0.6 is 11.8 Å². The zero-order chi connectivity index (χ0) is 11.3. The van der Waals surface area contributed by atoms with Crippen molar-refractivity contribution in [2.24, 2.45) is 0 Å². The van der Waals surface area contributed by atoms with Crippen LogP contribution in [-0.2, 0) is 0 Å². The zero-order valence-corrected chi connectivity index (χ0v) is 10.2. The lowest BCUT2D eigenvalue weighted by Gasteiger charge is -2.16. The fourth-order valence-corrected chi connectivity index (χ4v) is 1.93. The van der Waals surface area contributed by atoms with Crippen LogP contribution in [0.3, 0.4) is 0 Å². The molecule has 0 aliphatic heterocycles. The van der Waals surface area contributed by atoms with Crippen molar-refractivity contribution in [1.82, 2.24) is 0 Å². The second kappa shape index (κ2) is 5.75. The maximum Gasteiger partial charge on any atom is 0.121 e. The fourth-order valence-electron chi connectivity index (χ4n) is 1.34. The van der Waals surface area contributed by atoms with Crippen LogP contribution < -0.4 is 15.8 Å². The Balaban J connectivity index is 2.74. The molecule has 84 valence electrons. The third-order valence-electron chi connectivity index (χ3n) is 2.08. The van der Waals surface area contributed by atoms with Crippen molar-refractivity contribution < 1.29 is 4.74 Å². The van der Waals surface area contributed by atoms with Crippen LogP contribution in [0.5, 0.6) is 5.75 Å². The first-order chi connectivity index (χ1) is 7.17. The monoisotopic (exact) mass is 226 g/mol. The average molecular weight is 226 g/mol. The zero-order valence-electron chi connectivity index (χ0n) is 9.41. The summed E-state index contributed by atoms with van der Waals surface area (Å²) in [4.78, 5) is 0. The van der Waals surface area contributed by atoms with Crippen molar-refractivity contribution in [1.29, 1.82) is 0 Å². The van der Waals surface area contributed by atoms with Gasteiger partial charge < -0.3 is 15.8 Å². The number of anilines is 2. The molecule has 0 saturated carbocycles. The Labute approximate surface area is 95.4 Å². The molecule has 4 heteroatoms. The summed E-state index contributed by atoms with van der Waals surface area (Å²) in [6, 6.07) is 6.04. The van der Waals surface area contributed by atoms with E-state index in [0.717, 1.165) is 22.9 Å². The van der Waals surface area contributed by atoms with Crippen LogP contribution in [-0.4, -0.2) is 25.2 Å². The van der Waals surface area contributed by atoms with Gasteiger partial charge in [0.25, 0.3) is 0 Å². The van der Waals surface area contributed by atoms with Gasteiger partial charge in [0.1, 0.15) is 5.75 Å². The highest BCUT2D eigenvalue weighted by Gasteiger charge is 2.05. The van der Waals surface area contributed by atoms with Gasteiger partial charge in [-0.25, -0.2) is 0 Å². The molecule has 0 amide bonds. The first-order valence-electron chi connectivity index (χ1n) is 4.86. The normalized spacial score (nSPS) is 12.2. The smallest absolute Gasteiger partial charge is 0.121 e. The summed E-state index contributed by atoms with van der Waals surface area (Å²) in [5, 5.41) is 3.36. The maximum atomic E-state index is 5.86. The summed E-state index contributed by atoms with van der Waals surface area (Å²) in [5.41, 5.74) is 7.56. The summed E-state index contributed by atoms with van der Waals surface area (Å²) >= 11 is 1.81. The number of nitrogen functional groups attached to an aromatic ring is 1. The van der Waals surface area contributed by atoms with E-state index in [0.29, 0.717) is 6.04 Å². The third kappa shape index (κ3) is 3.55. The summed E-state index contributed by atoms with van der Waals surface area (Å²) < 4.78 is 5.15. The summed E-state index contributed by atoms with van der Waals surface area (Å²) in [5.74, 6) is 1.87. The molecular weight excluding hydrogens is 208 g/mol. The fraction of sp³-hybridized carbons (Fsp3) is 0.455. The Morgan fingerprint density at radius 3 is 2.87 bits per heavy atom. The van der Waals surface area contributed by atoms with E-state index in [4.69, 9.17) is 10.5 Å². The Morgan fingerprint density at radius 2 is 2.27 bits per heavy atom. The van der Waals surface area contributed by atoms with E-state index < -0.39 is 0 Å². The van der Waals surface area contributed by atoms with Gasteiger partial charge in [-0.1, -0.05) is 0 Å². The molecule has 0 radical (unpaired) electrons. The van der Waals surface area contributed by atoms with Crippen molar-refractivity contribution in [3.63, 3.8) is 0 Å². The number of hydrogen-bond acceptors (Lipinski definition) is 4. The molecule has 1 unspecified atom stereocenters. The highest BCUT2D eigenvalue weighted by atomic mass is 32.2. The van der Waals surface area contributed by atoms with E-state index in [1.54, 1.807) is 7.11 Å². The van der Waals surface area contributed by atoms with E-state index in [1.165, 1.54) is 0 Å². The standard InChI is InChI=1S/C11H18N2OS/c1-8(7-15-3)13-11-6-9(14-2)4-5-10(11)12/h4-6,8,13H,7,12H2,1-3H3. The van der Waals surface area contributed by atoms with Crippen molar-refractivity contribution in [2.45, 2.75) is 13.0 Å². The topological polar surface area (TPSA) is 47.3 Å². The summed E-state index contributed by atoms with van der Waals surface area (Å²) in [6.07, 6.45) is 2.09. The molecule has 3 N–H and O–H groups in total. The minimum atomic E-state index is 0.398. The van der Waals surface area contributed by atoms with E-state index in [-0.39, 0.29) is 0 Å². The van der Waals surface area contributed by atoms with Crippen molar-refractivity contribution >= 4 is 23.1 Å². The molecule has 0 bridgehead atoms. The second-order valence-corrected chi connectivity index (χ2v) is 4.36. The van der Waals surface area contributed by atoms with E-state index in [2.05, 4.69) is 18.5 Å². The van der Waals surface area contributed by atoms with Crippen molar-refractivity contribution in [3.8, 4) is 5.75 Å². The number of nitrogens with two attached hydrogens (primary N) is 1. The number of ether oxygens (including phenoxy) is 1. The van der Waals surface area contributed by atoms with E-state index >= 15 is 0 Å². The number of methoxy groups -OCH3 is 1. The molecule has 1 rings (SSSR count). The molecule has 15 heavy (non-hydrogen) atoms. The molecule has 0 heterocycles. The molecule has 1 aromatic carbocycles. The lowest BCUT2D eigenvalue weighted by atomic mass is 10.2. The molecule has 0 spiro atoms. The number of nitrogens with one attached hydrogen (secondary N) is 1. The van der Waals surface area contributed by atoms with Gasteiger partial charge >= 0.3 is 0 Å². The molecule has 0 aromatic heterocycles. The largest absolute Gasteiger partial charge is 0.497 e. The van der Waals surface area contributed by atoms with Crippen molar-refractivity contribution in [2.75, 3.05) is 30.2 Å². The maximum absolute atomic E-state index is 5.86. The van der Waals surface area contributed by atoms with Gasteiger partial charge in [-0.05, 0) is 25.3 Å². The highest BCUT2D eigenvalue weighted by Crippen LogP contribution is 2.25. The van der Waals surface area contributed by atoms with Gasteiger partial charge in [-0.15, -0.1) is 0 Å². The lowest BCUT2D eigenvalue weighted by Crippen LogP contribution is -2.18. The van der Waals surface area contributed by atoms with Gasteiger partial charge in [0, 0.05) is 17.9 Å². The Kier molecular flexibility index (Phi) is 4.62. The predicted octanol–water partition coefficient (Wildman–Crippen LogP) is 2.44. The van der Waals surface area contributed by atoms with Gasteiger partial charge in [0.2, 0.25) is 0 Å². The van der Waals surface area contributed by atoms with Crippen molar-refractivity contribution in [3.05, 3.63) is 18.2 Å². The van der Waals surface area contributed by atoms with Crippen LogP contribution in [0.25, 0.3) is 0 Å². The number of rotatable bonds is 5. The van der Waals surface area contributed by atoms with Gasteiger partial charge in [-0.2, -0.15) is 11.8 Å². The third-order valence-corrected chi connectivity index (χ3v) is 2.91. The number of thioether (sulfide) groups is 1. The minimum Gasteiger partial charge on any atom is -0.497 e. The van der Waals surface area contributed by atoms with Crippen LogP contribution in [0.15, 0.2) is 18.2 Å². The Morgan fingerprint density at radius 1 is 1.53 bits per heavy atom. The van der Waals surface area contributed by atoms with E-state index in [9.17, 15) is 0 Å². The quantitative estimate of drug-likeness (QED) is 0.757. The first kappa shape index (κ1) is 12.0. The lowest BCUT2D eigenvalue weighted by molar-refractivity contribution is 0.415. The molecule has 0 aliphatic carbocycles. The molecule has 0 aliphatic rings. The first-order valence-corrected chi connectivity index (χ1v) is 6.25. The summed E-state index contributed by atoms with van der Waals surface area (Å²) in [6.45, 7) is 2.13. The van der Waals surface area contributed by atoms with Gasteiger partial charge in [0.05, 0.1) is 18.5 Å². The van der Waals surface area contributed by atoms with Crippen LogP contribution in [0, 0.1) is 0 Å². The SMILES string of the molecule is COc1ccc(N)c(NC(C)CSC)c1. The molecule has 1 aromatic rings. The second-order valence-electron chi connectivity index (χ2n) is 3.45. The van der Waals surface area contributed by atoms with Crippen LogP contribution in [0.2, 0.25) is 0 Å². The predicted molar refractivity (Wildman–Crippen MR) is 68.9 cm³/mol. The Bertz CT molecular complexity index is 317. The van der Waals surface area contributed by atoms with Gasteiger partial charge in [0.15, 0.2) is 0 Å². The number of hydrogen-bond donors (Lipinski definition) is 2. The molecular formula is C11H18N2OS. The average Bonchev–Trinajstić information content (AvgIpc) is 2.21. The minimum absolute atomic E-state index is 0.398. The van der Waals surface area contributed by atoms with Crippen LogP contribution in [0.1, 0.15) is 6.92 Å². The van der Waals surface area contributed by atoms with E-state index in [1.807, 2.05) is 30.0 Å². The molecule has 0 saturated heterocycles. The number of benzene rings is 1. The molecule has 3 nitrogen and oxygen atoms in total. The summed E-state index contributed by atoms with van der Waals surface area (Å²) in [7, 11) is 1.65. The van der Waals surface area contributed by atoms with Crippen LogP contribution in [0.4, 0.5) is 11.4 Å². The Hall–Kier alpha value is -1.03. The molecule has 0 fully saturated rings. The van der Waals surface area contributed by atoms with Gasteiger partial charge in [-0.3, -0.25) is 0 Å². The highest BCUT2D eigenvalue weighted by molar-refractivity contribution is 7.98.